The lowest BCUT2D eigenvalue weighted by Crippen LogP contribution is -2.25. The van der Waals surface area contributed by atoms with E-state index in [9.17, 15) is 9.50 Å². The third-order valence-corrected chi connectivity index (χ3v) is 3.47. The van der Waals surface area contributed by atoms with Gasteiger partial charge in [-0.05, 0) is 36.8 Å². The number of aliphatic hydroxyl groups is 1. The van der Waals surface area contributed by atoms with Gasteiger partial charge in [0.2, 0.25) is 0 Å². The van der Waals surface area contributed by atoms with Crippen LogP contribution in [0.4, 0.5) is 4.39 Å². The van der Waals surface area contributed by atoms with E-state index in [0.717, 1.165) is 0 Å². The molecule has 0 aromatic heterocycles. The summed E-state index contributed by atoms with van der Waals surface area (Å²) in [6.45, 7) is 1.62. The van der Waals surface area contributed by atoms with Gasteiger partial charge >= 0.3 is 0 Å². The van der Waals surface area contributed by atoms with Gasteiger partial charge in [0.05, 0.1) is 12.7 Å². The van der Waals surface area contributed by atoms with Crippen molar-refractivity contribution in [3.05, 3.63) is 64.4 Å². The Morgan fingerprint density at radius 2 is 1.95 bits per heavy atom. The molecule has 0 amide bonds. The summed E-state index contributed by atoms with van der Waals surface area (Å²) in [6.07, 6.45) is 0.135. The first-order valence-corrected chi connectivity index (χ1v) is 6.61. The number of rotatable bonds is 4. The molecular formula is C16H16ClFO2. The van der Waals surface area contributed by atoms with Crippen LogP contribution in [0, 0.1) is 5.82 Å². The molecule has 1 N–H and O–H groups in total. The summed E-state index contributed by atoms with van der Waals surface area (Å²) < 4.78 is 19.0. The van der Waals surface area contributed by atoms with Crippen LogP contribution in [0.1, 0.15) is 18.1 Å². The molecular weight excluding hydrogens is 279 g/mol. The molecule has 0 aliphatic rings. The molecule has 0 saturated carbocycles. The third-order valence-electron chi connectivity index (χ3n) is 3.23. The van der Waals surface area contributed by atoms with E-state index in [1.807, 2.05) is 0 Å². The monoisotopic (exact) mass is 294 g/mol. The van der Waals surface area contributed by atoms with Crippen LogP contribution in [0.5, 0.6) is 5.75 Å². The minimum atomic E-state index is -1.28. The normalized spacial score (nSPS) is 13.8. The average molecular weight is 295 g/mol. The Bertz CT molecular complexity index is 611. The van der Waals surface area contributed by atoms with E-state index in [0.29, 0.717) is 21.9 Å². The van der Waals surface area contributed by atoms with Crippen LogP contribution in [0.2, 0.25) is 5.02 Å². The van der Waals surface area contributed by atoms with E-state index < -0.39 is 5.60 Å². The molecule has 0 heterocycles. The van der Waals surface area contributed by atoms with Crippen molar-refractivity contribution in [1.29, 1.82) is 0 Å². The average Bonchev–Trinajstić information content (AvgIpc) is 2.41. The molecule has 0 fully saturated rings. The fraction of sp³-hybridized carbons (Fsp3) is 0.250. The highest BCUT2D eigenvalue weighted by molar-refractivity contribution is 6.30. The third kappa shape index (κ3) is 3.11. The van der Waals surface area contributed by atoms with Crippen LogP contribution >= 0.6 is 11.6 Å². The lowest BCUT2D eigenvalue weighted by Gasteiger charge is -2.26. The van der Waals surface area contributed by atoms with Crippen molar-refractivity contribution < 1.29 is 14.2 Å². The fourth-order valence-corrected chi connectivity index (χ4v) is 2.38. The molecule has 106 valence electrons. The van der Waals surface area contributed by atoms with E-state index in [1.54, 1.807) is 43.3 Å². The molecule has 4 heteroatoms. The van der Waals surface area contributed by atoms with E-state index in [2.05, 4.69) is 0 Å². The summed E-state index contributed by atoms with van der Waals surface area (Å²) in [5.74, 6) is 0.185. The number of methoxy groups -OCH3 is 1. The van der Waals surface area contributed by atoms with Crippen LogP contribution in [0.3, 0.4) is 0 Å². The highest BCUT2D eigenvalue weighted by Crippen LogP contribution is 2.35. The van der Waals surface area contributed by atoms with Crippen molar-refractivity contribution in [3.8, 4) is 5.75 Å². The topological polar surface area (TPSA) is 29.5 Å². The van der Waals surface area contributed by atoms with Gasteiger partial charge in [0, 0.05) is 17.0 Å². The lowest BCUT2D eigenvalue weighted by atomic mass is 9.88. The smallest absolute Gasteiger partial charge is 0.126 e. The molecule has 1 atom stereocenters. The van der Waals surface area contributed by atoms with Crippen molar-refractivity contribution in [2.24, 2.45) is 0 Å². The van der Waals surface area contributed by atoms with Crippen LogP contribution in [-0.2, 0) is 12.0 Å². The highest BCUT2D eigenvalue weighted by Gasteiger charge is 2.28. The van der Waals surface area contributed by atoms with E-state index >= 15 is 0 Å². The SMILES string of the molecule is COc1ccc(Cl)cc1C(C)(O)Cc1ccccc1F. The first-order valence-electron chi connectivity index (χ1n) is 6.24. The Balaban J connectivity index is 2.40. The molecule has 20 heavy (non-hydrogen) atoms. The predicted molar refractivity (Wildman–Crippen MR) is 77.7 cm³/mol. The van der Waals surface area contributed by atoms with Gasteiger partial charge in [-0.3, -0.25) is 0 Å². The van der Waals surface area contributed by atoms with Gasteiger partial charge in [-0.25, -0.2) is 4.39 Å². The van der Waals surface area contributed by atoms with E-state index in [-0.39, 0.29) is 12.2 Å². The summed E-state index contributed by atoms with van der Waals surface area (Å²) >= 11 is 5.97. The van der Waals surface area contributed by atoms with Crippen molar-refractivity contribution in [1.82, 2.24) is 0 Å². The Hall–Kier alpha value is -1.58. The van der Waals surface area contributed by atoms with Crippen molar-refractivity contribution in [3.63, 3.8) is 0 Å². The molecule has 0 aliphatic carbocycles. The second-order valence-electron chi connectivity index (χ2n) is 4.89. The summed E-state index contributed by atoms with van der Waals surface area (Å²) in [5, 5.41) is 11.2. The van der Waals surface area contributed by atoms with Crippen LogP contribution in [0.15, 0.2) is 42.5 Å². The summed E-state index contributed by atoms with van der Waals surface area (Å²) in [5.41, 5.74) is -0.298. The molecule has 2 aromatic carbocycles. The predicted octanol–water partition coefficient (Wildman–Crippen LogP) is 3.94. The van der Waals surface area contributed by atoms with Gasteiger partial charge in [-0.2, -0.15) is 0 Å². The molecule has 0 saturated heterocycles. The fourth-order valence-electron chi connectivity index (χ4n) is 2.21. The molecule has 1 unspecified atom stereocenters. The first-order chi connectivity index (χ1) is 9.44. The molecule has 2 rings (SSSR count). The van der Waals surface area contributed by atoms with Gasteiger partial charge in [0.1, 0.15) is 11.6 Å². The number of ether oxygens (including phenoxy) is 1. The number of benzene rings is 2. The number of hydrogen-bond acceptors (Lipinski definition) is 2. The molecule has 2 aromatic rings. The highest BCUT2D eigenvalue weighted by atomic mass is 35.5. The molecule has 0 radical (unpaired) electrons. The second-order valence-corrected chi connectivity index (χ2v) is 5.32. The van der Waals surface area contributed by atoms with E-state index in [4.69, 9.17) is 16.3 Å². The molecule has 0 spiro atoms. The van der Waals surface area contributed by atoms with Gasteiger partial charge in [0.15, 0.2) is 0 Å². The Labute approximate surface area is 122 Å². The van der Waals surface area contributed by atoms with Gasteiger partial charge in [-0.1, -0.05) is 29.8 Å². The van der Waals surface area contributed by atoms with Crippen LogP contribution < -0.4 is 4.74 Å². The lowest BCUT2D eigenvalue weighted by molar-refractivity contribution is 0.0540. The Morgan fingerprint density at radius 1 is 1.25 bits per heavy atom. The van der Waals surface area contributed by atoms with Crippen molar-refractivity contribution in [2.75, 3.05) is 7.11 Å². The maximum Gasteiger partial charge on any atom is 0.126 e. The Kier molecular flexibility index (Phi) is 4.31. The first kappa shape index (κ1) is 14.8. The molecule has 2 nitrogen and oxygen atoms in total. The number of hydrogen-bond donors (Lipinski definition) is 1. The van der Waals surface area contributed by atoms with Crippen LogP contribution in [-0.4, -0.2) is 12.2 Å². The summed E-state index contributed by atoms with van der Waals surface area (Å²) in [7, 11) is 1.52. The van der Waals surface area contributed by atoms with E-state index in [1.165, 1.54) is 13.2 Å². The van der Waals surface area contributed by atoms with Gasteiger partial charge in [-0.15, -0.1) is 0 Å². The molecule has 0 aliphatic heterocycles. The Morgan fingerprint density at radius 3 is 2.60 bits per heavy atom. The zero-order chi connectivity index (χ0) is 14.8. The largest absolute Gasteiger partial charge is 0.496 e. The second kappa shape index (κ2) is 5.81. The van der Waals surface area contributed by atoms with Crippen molar-refractivity contribution >= 4 is 11.6 Å². The van der Waals surface area contributed by atoms with Crippen LogP contribution in [0.25, 0.3) is 0 Å². The maximum atomic E-state index is 13.7. The quantitative estimate of drug-likeness (QED) is 0.925. The zero-order valence-corrected chi connectivity index (χ0v) is 12.1. The standard InChI is InChI=1S/C16H16ClFO2/c1-16(19,10-11-5-3-4-6-14(11)18)13-9-12(17)7-8-15(13)20-2/h3-9,19H,10H2,1-2H3. The minimum absolute atomic E-state index is 0.135. The minimum Gasteiger partial charge on any atom is -0.496 e. The number of halogens is 2. The summed E-state index contributed by atoms with van der Waals surface area (Å²) in [6, 6.07) is 11.4. The van der Waals surface area contributed by atoms with Gasteiger partial charge < -0.3 is 9.84 Å². The summed E-state index contributed by atoms with van der Waals surface area (Å²) in [4.78, 5) is 0. The van der Waals surface area contributed by atoms with Crippen molar-refractivity contribution in [2.45, 2.75) is 18.9 Å². The van der Waals surface area contributed by atoms with Gasteiger partial charge in [0.25, 0.3) is 0 Å². The molecule has 0 bridgehead atoms. The maximum absolute atomic E-state index is 13.7. The zero-order valence-electron chi connectivity index (χ0n) is 11.4.